The van der Waals surface area contributed by atoms with Crippen molar-refractivity contribution in [1.82, 2.24) is 15.0 Å². The standard InChI is InChI=1S/C22H21N3O2S/c1-3-4-12-25(2)22(26)19-14-23-21(28-19)20-17-11-10-16(13-18(17)27-24-20)15-8-6-5-7-9-15/h5-11,13-14H,3-4,12H2,1-2H3. The molecule has 0 aliphatic rings. The number of hydrogen-bond donors (Lipinski definition) is 0. The molecule has 0 atom stereocenters. The van der Waals surface area contributed by atoms with E-state index in [0.717, 1.165) is 35.9 Å². The first kappa shape index (κ1) is 18.4. The summed E-state index contributed by atoms with van der Waals surface area (Å²) in [6.45, 7) is 2.86. The van der Waals surface area contributed by atoms with E-state index in [0.29, 0.717) is 21.2 Å². The second-order valence-corrected chi connectivity index (χ2v) is 7.75. The molecule has 2 aromatic carbocycles. The number of fused-ring (bicyclic) bond motifs is 1. The van der Waals surface area contributed by atoms with Crippen molar-refractivity contribution in [3.05, 3.63) is 59.6 Å². The van der Waals surface area contributed by atoms with Crippen LogP contribution in [0, 0.1) is 0 Å². The molecule has 0 N–H and O–H groups in total. The number of carbonyl (C=O) groups is 1. The smallest absolute Gasteiger partial charge is 0.265 e. The molecule has 5 nitrogen and oxygen atoms in total. The molecule has 0 saturated carbocycles. The van der Waals surface area contributed by atoms with Gasteiger partial charge < -0.3 is 9.42 Å². The highest BCUT2D eigenvalue weighted by Crippen LogP contribution is 2.33. The van der Waals surface area contributed by atoms with E-state index in [1.165, 1.54) is 11.3 Å². The van der Waals surface area contributed by atoms with Crippen LogP contribution in [0.15, 0.2) is 59.3 Å². The van der Waals surface area contributed by atoms with E-state index in [2.05, 4.69) is 35.3 Å². The first-order valence-electron chi connectivity index (χ1n) is 9.34. The van der Waals surface area contributed by atoms with Gasteiger partial charge in [0.15, 0.2) is 5.58 Å². The summed E-state index contributed by atoms with van der Waals surface area (Å²) < 4.78 is 5.56. The fourth-order valence-corrected chi connectivity index (χ4v) is 3.98. The highest BCUT2D eigenvalue weighted by molar-refractivity contribution is 7.17. The first-order valence-corrected chi connectivity index (χ1v) is 10.2. The topological polar surface area (TPSA) is 59.2 Å². The Balaban J connectivity index is 1.62. The van der Waals surface area contributed by atoms with E-state index in [1.807, 2.05) is 37.4 Å². The van der Waals surface area contributed by atoms with E-state index in [9.17, 15) is 4.79 Å². The third-order valence-corrected chi connectivity index (χ3v) is 5.68. The fourth-order valence-electron chi connectivity index (χ4n) is 3.07. The molecule has 2 aromatic heterocycles. The third kappa shape index (κ3) is 3.55. The molecule has 0 spiro atoms. The van der Waals surface area contributed by atoms with Crippen molar-refractivity contribution >= 4 is 28.2 Å². The van der Waals surface area contributed by atoms with Gasteiger partial charge in [-0.05, 0) is 29.7 Å². The molecule has 28 heavy (non-hydrogen) atoms. The number of rotatable bonds is 6. The van der Waals surface area contributed by atoms with Gasteiger partial charge in [0.1, 0.15) is 15.6 Å². The van der Waals surface area contributed by atoms with E-state index in [4.69, 9.17) is 4.52 Å². The minimum Gasteiger partial charge on any atom is -0.356 e. The average Bonchev–Trinajstić information content (AvgIpc) is 3.38. The summed E-state index contributed by atoms with van der Waals surface area (Å²) in [5.74, 6) is -0.00337. The monoisotopic (exact) mass is 391 g/mol. The molecule has 0 saturated heterocycles. The minimum atomic E-state index is -0.00337. The van der Waals surface area contributed by atoms with Gasteiger partial charge in [0.2, 0.25) is 0 Å². The van der Waals surface area contributed by atoms with Gasteiger partial charge in [0.05, 0.1) is 11.6 Å². The third-order valence-electron chi connectivity index (χ3n) is 4.69. The van der Waals surface area contributed by atoms with Gasteiger partial charge in [-0.3, -0.25) is 4.79 Å². The van der Waals surface area contributed by atoms with E-state index in [1.54, 1.807) is 11.1 Å². The molecule has 6 heteroatoms. The summed E-state index contributed by atoms with van der Waals surface area (Å²) in [5, 5.41) is 5.80. The summed E-state index contributed by atoms with van der Waals surface area (Å²) in [7, 11) is 1.83. The number of unbranched alkanes of at least 4 members (excludes halogenated alkanes) is 1. The lowest BCUT2D eigenvalue weighted by molar-refractivity contribution is 0.0798. The molecule has 1 amide bonds. The maximum Gasteiger partial charge on any atom is 0.265 e. The van der Waals surface area contributed by atoms with Crippen LogP contribution >= 0.6 is 11.3 Å². The summed E-state index contributed by atoms with van der Waals surface area (Å²) in [4.78, 5) is 19.3. The second-order valence-electron chi connectivity index (χ2n) is 6.72. The molecule has 142 valence electrons. The lowest BCUT2D eigenvalue weighted by Crippen LogP contribution is -2.26. The Hall–Kier alpha value is -2.99. The van der Waals surface area contributed by atoms with E-state index < -0.39 is 0 Å². The quantitative estimate of drug-likeness (QED) is 0.436. The first-order chi connectivity index (χ1) is 13.7. The van der Waals surface area contributed by atoms with Crippen molar-refractivity contribution in [3.63, 3.8) is 0 Å². The van der Waals surface area contributed by atoms with Gasteiger partial charge in [-0.15, -0.1) is 11.3 Å². The number of thiazole rings is 1. The summed E-state index contributed by atoms with van der Waals surface area (Å²) in [5.41, 5.74) is 3.58. The van der Waals surface area contributed by atoms with Gasteiger partial charge in [-0.25, -0.2) is 4.98 Å². The van der Waals surface area contributed by atoms with Gasteiger partial charge in [0.25, 0.3) is 5.91 Å². The van der Waals surface area contributed by atoms with Crippen molar-refractivity contribution in [2.45, 2.75) is 19.8 Å². The normalized spacial score (nSPS) is 11.1. The summed E-state index contributed by atoms with van der Waals surface area (Å²) in [6, 6.07) is 16.2. The maximum atomic E-state index is 12.6. The van der Waals surface area contributed by atoms with Crippen molar-refractivity contribution in [2.24, 2.45) is 0 Å². The molecule has 0 bridgehead atoms. The van der Waals surface area contributed by atoms with E-state index in [-0.39, 0.29) is 5.91 Å². The summed E-state index contributed by atoms with van der Waals surface area (Å²) in [6.07, 6.45) is 3.68. The van der Waals surface area contributed by atoms with Gasteiger partial charge in [-0.1, -0.05) is 54.9 Å². The zero-order valence-electron chi connectivity index (χ0n) is 15.9. The molecule has 2 heterocycles. The SMILES string of the molecule is CCCCN(C)C(=O)c1cnc(-c2noc3cc(-c4ccccc4)ccc23)s1. The van der Waals surface area contributed by atoms with Crippen LogP contribution in [-0.4, -0.2) is 34.5 Å². The van der Waals surface area contributed by atoms with Crippen LogP contribution in [0.25, 0.3) is 32.8 Å². The second kappa shape index (κ2) is 7.94. The Labute approximate surface area is 167 Å². The summed E-state index contributed by atoms with van der Waals surface area (Å²) >= 11 is 1.35. The van der Waals surface area contributed by atoms with Crippen molar-refractivity contribution < 1.29 is 9.32 Å². The lowest BCUT2D eigenvalue weighted by Gasteiger charge is -2.14. The average molecular weight is 391 g/mol. The van der Waals surface area contributed by atoms with Crippen LogP contribution in [0.5, 0.6) is 0 Å². The van der Waals surface area contributed by atoms with Gasteiger partial charge in [-0.2, -0.15) is 0 Å². The lowest BCUT2D eigenvalue weighted by atomic mass is 10.0. The molecule has 0 unspecified atom stereocenters. The zero-order valence-corrected chi connectivity index (χ0v) is 16.7. The Morgan fingerprint density at radius 1 is 1.14 bits per heavy atom. The highest BCUT2D eigenvalue weighted by Gasteiger charge is 2.19. The highest BCUT2D eigenvalue weighted by atomic mass is 32.1. The molecule has 4 aromatic rings. The largest absolute Gasteiger partial charge is 0.356 e. The molecule has 0 aliphatic carbocycles. The van der Waals surface area contributed by atoms with Crippen molar-refractivity contribution in [2.75, 3.05) is 13.6 Å². The van der Waals surface area contributed by atoms with Crippen LogP contribution in [0.4, 0.5) is 0 Å². The molecule has 0 aliphatic heterocycles. The van der Waals surface area contributed by atoms with Crippen LogP contribution in [0.3, 0.4) is 0 Å². The number of aromatic nitrogens is 2. The molecular formula is C22H21N3O2S. The van der Waals surface area contributed by atoms with Crippen LogP contribution < -0.4 is 0 Å². The zero-order chi connectivity index (χ0) is 19.5. The van der Waals surface area contributed by atoms with E-state index >= 15 is 0 Å². The Bertz CT molecular complexity index is 1100. The minimum absolute atomic E-state index is 0.00337. The molecule has 0 fully saturated rings. The Morgan fingerprint density at radius 2 is 1.96 bits per heavy atom. The number of benzene rings is 2. The Kier molecular flexibility index (Phi) is 5.21. The van der Waals surface area contributed by atoms with Crippen molar-refractivity contribution in [1.29, 1.82) is 0 Å². The molecule has 4 rings (SSSR count). The molecule has 0 radical (unpaired) electrons. The Morgan fingerprint density at radius 3 is 2.75 bits per heavy atom. The number of nitrogens with zero attached hydrogens (tertiary/aromatic N) is 3. The van der Waals surface area contributed by atoms with Gasteiger partial charge >= 0.3 is 0 Å². The van der Waals surface area contributed by atoms with Crippen LogP contribution in [0.2, 0.25) is 0 Å². The van der Waals surface area contributed by atoms with Crippen LogP contribution in [0.1, 0.15) is 29.4 Å². The van der Waals surface area contributed by atoms with Crippen LogP contribution in [-0.2, 0) is 0 Å². The predicted molar refractivity (Wildman–Crippen MR) is 112 cm³/mol. The maximum absolute atomic E-state index is 12.6. The molecular weight excluding hydrogens is 370 g/mol. The number of amides is 1. The van der Waals surface area contributed by atoms with Crippen molar-refractivity contribution in [3.8, 4) is 21.8 Å². The van der Waals surface area contributed by atoms with Gasteiger partial charge in [0, 0.05) is 13.6 Å². The number of carbonyl (C=O) groups excluding carboxylic acids is 1. The predicted octanol–water partition coefficient (Wildman–Crippen LogP) is 5.49. The number of hydrogen-bond acceptors (Lipinski definition) is 5. The fraction of sp³-hybridized carbons (Fsp3) is 0.227.